The van der Waals surface area contributed by atoms with Gasteiger partial charge in [0.15, 0.2) is 0 Å². The van der Waals surface area contributed by atoms with Gasteiger partial charge in [-0.15, -0.1) is 0 Å². The fourth-order valence-electron chi connectivity index (χ4n) is 1.43. The van der Waals surface area contributed by atoms with Crippen molar-refractivity contribution >= 4 is 0 Å². The Morgan fingerprint density at radius 3 is 2.82 bits per heavy atom. The summed E-state index contributed by atoms with van der Waals surface area (Å²) in [5.74, 6) is 1.53. The highest BCUT2D eigenvalue weighted by atomic mass is 16.5. The predicted molar refractivity (Wildman–Crippen MR) is 63.0 cm³/mol. The zero-order valence-corrected chi connectivity index (χ0v) is 10.3. The van der Waals surface area contributed by atoms with Crippen LogP contribution in [0.2, 0.25) is 0 Å². The summed E-state index contributed by atoms with van der Waals surface area (Å²) in [6, 6.07) is 0.0391. The van der Waals surface area contributed by atoms with Gasteiger partial charge in [-0.1, -0.05) is 19.0 Å². The molecule has 0 bridgehead atoms. The van der Waals surface area contributed by atoms with Gasteiger partial charge in [0.1, 0.15) is 0 Å². The van der Waals surface area contributed by atoms with Gasteiger partial charge in [0, 0.05) is 25.7 Å². The quantitative estimate of drug-likeness (QED) is 0.854. The molecule has 0 amide bonds. The molecule has 0 fully saturated rings. The Morgan fingerprint density at radius 1 is 1.47 bits per heavy atom. The largest absolute Gasteiger partial charge is 0.339 e. The molecule has 0 aliphatic rings. The first-order valence-corrected chi connectivity index (χ1v) is 5.63. The van der Waals surface area contributed by atoms with E-state index in [-0.39, 0.29) is 6.04 Å². The zero-order chi connectivity index (χ0) is 12.4. The van der Waals surface area contributed by atoms with Crippen molar-refractivity contribution in [3.05, 3.63) is 18.3 Å². The van der Waals surface area contributed by atoms with Gasteiger partial charge >= 0.3 is 0 Å². The van der Waals surface area contributed by atoms with Gasteiger partial charge in [0.2, 0.25) is 11.7 Å². The fourth-order valence-corrected chi connectivity index (χ4v) is 1.43. The average Bonchev–Trinajstić information content (AvgIpc) is 2.86. The lowest BCUT2D eigenvalue weighted by atomic mass is 10.0. The molecule has 0 saturated heterocycles. The van der Waals surface area contributed by atoms with Crippen molar-refractivity contribution in [2.75, 3.05) is 0 Å². The predicted octanol–water partition coefficient (Wildman–Crippen LogP) is 0.996. The third kappa shape index (κ3) is 2.71. The molecule has 0 radical (unpaired) electrons. The third-order valence-corrected chi connectivity index (χ3v) is 2.70. The van der Waals surface area contributed by atoms with Crippen molar-refractivity contribution < 1.29 is 4.52 Å². The van der Waals surface area contributed by atoms with Crippen LogP contribution in [0.4, 0.5) is 0 Å². The van der Waals surface area contributed by atoms with Crippen LogP contribution in [0.5, 0.6) is 0 Å². The van der Waals surface area contributed by atoms with Gasteiger partial charge in [0.25, 0.3) is 0 Å². The van der Waals surface area contributed by atoms with E-state index in [1.165, 1.54) is 0 Å². The summed E-state index contributed by atoms with van der Waals surface area (Å²) in [6.45, 7) is 4.14. The van der Waals surface area contributed by atoms with Crippen molar-refractivity contribution in [2.45, 2.75) is 26.3 Å². The molecular weight excluding hydrogens is 218 g/mol. The first kappa shape index (κ1) is 11.8. The number of aromatic nitrogens is 4. The first-order valence-electron chi connectivity index (χ1n) is 5.63. The molecule has 2 aromatic heterocycles. The van der Waals surface area contributed by atoms with Crippen LogP contribution in [-0.2, 0) is 13.5 Å². The Bertz CT molecular complexity index is 488. The molecule has 0 saturated carbocycles. The van der Waals surface area contributed by atoms with Crippen LogP contribution in [0.15, 0.2) is 16.9 Å². The number of nitrogens with zero attached hydrogens (tertiary/aromatic N) is 4. The highest BCUT2D eigenvalue weighted by molar-refractivity contribution is 5.50. The van der Waals surface area contributed by atoms with Gasteiger partial charge in [-0.05, 0) is 5.92 Å². The summed E-state index contributed by atoms with van der Waals surface area (Å²) in [4.78, 5) is 4.31. The smallest absolute Gasteiger partial charge is 0.228 e. The molecule has 2 aromatic rings. The van der Waals surface area contributed by atoms with Crippen molar-refractivity contribution in [3.63, 3.8) is 0 Å². The number of hydrogen-bond acceptors (Lipinski definition) is 5. The van der Waals surface area contributed by atoms with E-state index in [2.05, 4.69) is 29.1 Å². The second-order valence-electron chi connectivity index (χ2n) is 4.53. The molecule has 0 spiro atoms. The minimum Gasteiger partial charge on any atom is -0.339 e. The van der Waals surface area contributed by atoms with E-state index in [1.807, 2.05) is 13.2 Å². The number of hydrogen-bond donors (Lipinski definition) is 1. The molecule has 0 aliphatic carbocycles. The molecule has 1 unspecified atom stereocenters. The van der Waals surface area contributed by atoms with Gasteiger partial charge in [-0.3, -0.25) is 4.68 Å². The maximum Gasteiger partial charge on any atom is 0.228 e. The standard InChI is InChI=1S/C11H17N5O/c1-7(2)9(12)4-10-14-11(15-17-10)8-5-13-16(3)6-8/h5-7,9H,4,12H2,1-3H3. The third-order valence-electron chi connectivity index (χ3n) is 2.70. The molecular formula is C11H17N5O. The topological polar surface area (TPSA) is 82.8 Å². The molecule has 2 N–H and O–H groups in total. The number of rotatable bonds is 4. The summed E-state index contributed by atoms with van der Waals surface area (Å²) in [6.07, 6.45) is 4.15. The molecule has 6 nitrogen and oxygen atoms in total. The van der Waals surface area contributed by atoms with Gasteiger partial charge < -0.3 is 10.3 Å². The summed E-state index contributed by atoms with van der Waals surface area (Å²) < 4.78 is 6.87. The maximum atomic E-state index is 5.96. The Kier molecular flexibility index (Phi) is 3.23. The highest BCUT2D eigenvalue weighted by Crippen LogP contribution is 2.15. The Hall–Kier alpha value is -1.69. The zero-order valence-electron chi connectivity index (χ0n) is 10.3. The van der Waals surface area contributed by atoms with Crippen LogP contribution in [0.1, 0.15) is 19.7 Å². The van der Waals surface area contributed by atoms with Crippen LogP contribution in [-0.4, -0.2) is 26.0 Å². The summed E-state index contributed by atoms with van der Waals surface area (Å²) in [7, 11) is 1.85. The van der Waals surface area contributed by atoms with Crippen LogP contribution < -0.4 is 5.73 Å². The molecule has 0 aromatic carbocycles. The molecule has 92 valence electrons. The molecule has 0 aliphatic heterocycles. The molecule has 2 rings (SSSR count). The van der Waals surface area contributed by atoms with Crippen LogP contribution >= 0.6 is 0 Å². The van der Waals surface area contributed by atoms with Gasteiger partial charge in [-0.2, -0.15) is 10.1 Å². The van der Waals surface area contributed by atoms with Crippen molar-refractivity contribution in [2.24, 2.45) is 18.7 Å². The maximum absolute atomic E-state index is 5.96. The lowest BCUT2D eigenvalue weighted by Gasteiger charge is -2.11. The lowest BCUT2D eigenvalue weighted by Crippen LogP contribution is -2.28. The fraction of sp³-hybridized carbons (Fsp3) is 0.545. The Balaban J connectivity index is 2.11. The Labute approximate surface area is 99.8 Å². The minimum atomic E-state index is 0.0391. The van der Waals surface area contributed by atoms with Crippen LogP contribution in [0.3, 0.4) is 0 Å². The molecule has 17 heavy (non-hydrogen) atoms. The number of nitrogens with two attached hydrogens (primary N) is 1. The van der Waals surface area contributed by atoms with E-state index in [1.54, 1.807) is 10.9 Å². The molecule has 6 heteroatoms. The van der Waals surface area contributed by atoms with Crippen LogP contribution in [0, 0.1) is 5.92 Å². The SMILES string of the molecule is CC(C)C(N)Cc1nc(-c2cnn(C)c2)no1. The van der Waals surface area contributed by atoms with Crippen molar-refractivity contribution in [1.82, 2.24) is 19.9 Å². The molecule has 1 atom stereocenters. The van der Waals surface area contributed by atoms with Gasteiger partial charge in [0.05, 0.1) is 11.8 Å². The van der Waals surface area contributed by atoms with Crippen molar-refractivity contribution in [1.29, 1.82) is 0 Å². The van der Waals surface area contributed by atoms with E-state index in [9.17, 15) is 0 Å². The minimum absolute atomic E-state index is 0.0391. The van der Waals surface area contributed by atoms with Crippen molar-refractivity contribution in [3.8, 4) is 11.4 Å². The van der Waals surface area contributed by atoms with E-state index in [4.69, 9.17) is 10.3 Å². The first-order chi connectivity index (χ1) is 8.06. The van der Waals surface area contributed by atoms with E-state index in [0.29, 0.717) is 24.1 Å². The highest BCUT2D eigenvalue weighted by Gasteiger charge is 2.15. The second-order valence-corrected chi connectivity index (χ2v) is 4.53. The molecule has 2 heterocycles. The van der Waals surface area contributed by atoms with Crippen LogP contribution in [0.25, 0.3) is 11.4 Å². The average molecular weight is 235 g/mol. The second kappa shape index (κ2) is 4.67. The van der Waals surface area contributed by atoms with E-state index >= 15 is 0 Å². The van der Waals surface area contributed by atoms with E-state index < -0.39 is 0 Å². The van der Waals surface area contributed by atoms with Gasteiger partial charge in [-0.25, -0.2) is 0 Å². The summed E-state index contributed by atoms with van der Waals surface area (Å²) in [5.41, 5.74) is 6.80. The lowest BCUT2D eigenvalue weighted by molar-refractivity contribution is 0.353. The summed E-state index contributed by atoms with van der Waals surface area (Å²) in [5, 5.41) is 7.98. The monoisotopic (exact) mass is 235 g/mol. The summed E-state index contributed by atoms with van der Waals surface area (Å²) >= 11 is 0. The number of aryl methyl sites for hydroxylation is 1. The van der Waals surface area contributed by atoms with E-state index in [0.717, 1.165) is 5.56 Å². The normalized spacial score (nSPS) is 13.2. The Morgan fingerprint density at radius 2 is 2.24 bits per heavy atom.